The Balaban J connectivity index is 1.65. The molecule has 2 aromatic carbocycles. The Labute approximate surface area is 171 Å². The summed E-state index contributed by atoms with van der Waals surface area (Å²) in [5, 5.41) is 3.00. The molecule has 0 spiro atoms. The number of carbonyl (C=O) groups is 2. The van der Waals surface area contributed by atoms with E-state index in [1.807, 2.05) is 24.0 Å². The second-order valence-corrected chi connectivity index (χ2v) is 9.41. The van der Waals surface area contributed by atoms with Gasteiger partial charge >= 0.3 is 0 Å². The van der Waals surface area contributed by atoms with Gasteiger partial charge in [-0.3, -0.25) is 9.59 Å². The number of nitrogens with one attached hydrogen (secondary N) is 1. The molecule has 1 saturated heterocycles. The van der Waals surface area contributed by atoms with Gasteiger partial charge in [0.1, 0.15) is 0 Å². The zero-order valence-electron chi connectivity index (χ0n) is 16.7. The second-order valence-electron chi connectivity index (χ2n) is 7.39. The van der Waals surface area contributed by atoms with Crippen LogP contribution in [0.1, 0.15) is 53.7 Å². The monoisotopic (exact) mass is 414 g/mol. The van der Waals surface area contributed by atoms with E-state index in [0.29, 0.717) is 24.9 Å². The predicted octanol–water partition coefficient (Wildman–Crippen LogP) is 3.09. The van der Waals surface area contributed by atoms with Gasteiger partial charge < -0.3 is 10.2 Å². The van der Waals surface area contributed by atoms with Crippen LogP contribution >= 0.6 is 0 Å². The highest BCUT2D eigenvalue weighted by atomic mass is 32.2. The first-order valence-electron chi connectivity index (χ1n) is 9.75. The van der Waals surface area contributed by atoms with Gasteiger partial charge in [0.05, 0.1) is 10.9 Å². The molecule has 1 aliphatic heterocycles. The minimum atomic E-state index is -3.25. The molecule has 1 aliphatic rings. The minimum absolute atomic E-state index is 0.180. The lowest BCUT2D eigenvalue weighted by atomic mass is 10.0. The summed E-state index contributed by atoms with van der Waals surface area (Å²) in [4.78, 5) is 26.5. The lowest BCUT2D eigenvalue weighted by molar-refractivity contribution is -0.128. The number of benzene rings is 2. The Morgan fingerprint density at radius 2 is 1.76 bits per heavy atom. The Bertz CT molecular complexity index is 982. The molecule has 6 nitrogen and oxygen atoms in total. The summed E-state index contributed by atoms with van der Waals surface area (Å²) in [7, 11) is -3.25. The van der Waals surface area contributed by atoms with E-state index in [1.54, 1.807) is 36.4 Å². The minimum Gasteiger partial charge on any atom is -0.345 e. The van der Waals surface area contributed by atoms with Crippen molar-refractivity contribution in [2.45, 2.75) is 43.7 Å². The normalized spacial score (nSPS) is 15.4. The van der Waals surface area contributed by atoms with E-state index in [9.17, 15) is 18.0 Å². The number of sulfone groups is 1. The lowest BCUT2D eigenvalue weighted by Crippen LogP contribution is -2.28. The fraction of sp³-hybridized carbons (Fsp3) is 0.364. The van der Waals surface area contributed by atoms with E-state index in [1.165, 1.54) is 6.26 Å². The average Bonchev–Trinajstić information content (AvgIpc) is 3.10. The summed E-state index contributed by atoms with van der Waals surface area (Å²) in [5.41, 5.74) is 2.41. The fourth-order valence-electron chi connectivity index (χ4n) is 3.46. The highest BCUT2D eigenvalue weighted by Gasteiger charge is 2.20. The molecule has 0 bridgehead atoms. The summed E-state index contributed by atoms with van der Waals surface area (Å²) in [5.74, 6) is -0.00710. The second kappa shape index (κ2) is 8.78. The molecule has 0 radical (unpaired) electrons. The Kier molecular flexibility index (Phi) is 6.37. The number of likely N-dealkylation sites (tertiary alicyclic amines) is 1. The van der Waals surface area contributed by atoms with Gasteiger partial charge in [-0.25, -0.2) is 8.42 Å². The summed E-state index contributed by atoms with van der Waals surface area (Å²) < 4.78 is 23.2. The van der Waals surface area contributed by atoms with Crippen LogP contribution in [0.15, 0.2) is 53.4 Å². The van der Waals surface area contributed by atoms with Crippen molar-refractivity contribution in [2.24, 2.45) is 0 Å². The Morgan fingerprint density at radius 1 is 1.10 bits per heavy atom. The quantitative estimate of drug-likeness (QED) is 0.755. The summed E-state index contributed by atoms with van der Waals surface area (Å²) in [6.45, 7) is 3.33. The molecule has 2 aromatic rings. The summed E-state index contributed by atoms with van der Waals surface area (Å²) in [6.07, 6.45) is 3.37. The van der Waals surface area contributed by atoms with E-state index < -0.39 is 9.84 Å². The van der Waals surface area contributed by atoms with Gasteiger partial charge in [-0.05, 0) is 48.2 Å². The molecule has 1 atom stereocenters. The van der Waals surface area contributed by atoms with E-state index in [0.717, 1.165) is 24.1 Å². The number of carbonyl (C=O) groups excluding carboxylic acids is 2. The smallest absolute Gasteiger partial charge is 0.251 e. The summed E-state index contributed by atoms with van der Waals surface area (Å²) >= 11 is 0. The standard InChI is InChI=1S/C22H26N2O4S/c1-3-20(17-10-12-19(13-11-17)29(2,27)28)23-22(26)18-8-6-16(7-9-18)15-24-14-4-5-21(24)25/h6-13,20H,3-5,14-15H2,1-2H3,(H,23,26)/t20-/m1/s1. The van der Waals surface area contributed by atoms with Gasteiger partial charge in [0.15, 0.2) is 9.84 Å². The molecule has 1 N–H and O–H groups in total. The van der Waals surface area contributed by atoms with Crippen LogP contribution in [0.4, 0.5) is 0 Å². The van der Waals surface area contributed by atoms with Crippen LogP contribution < -0.4 is 5.32 Å². The molecule has 1 fully saturated rings. The van der Waals surface area contributed by atoms with Crippen LogP contribution in [-0.4, -0.2) is 37.9 Å². The van der Waals surface area contributed by atoms with Crippen molar-refractivity contribution in [3.8, 4) is 0 Å². The molecule has 0 saturated carbocycles. The molecule has 2 amide bonds. The van der Waals surface area contributed by atoms with Gasteiger partial charge in [0.25, 0.3) is 5.91 Å². The van der Waals surface area contributed by atoms with Crippen molar-refractivity contribution in [1.29, 1.82) is 0 Å². The van der Waals surface area contributed by atoms with Gasteiger partial charge in [-0.2, -0.15) is 0 Å². The molecule has 7 heteroatoms. The van der Waals surface area contributed by atoms with Gasteiger partial charge in [0, 0.05) is 31.3 Å². The van der Waals surface area contributed by atoms with Crippen molar-refractivity contribution in [1.82, 2.24) is 10.2 Å². The zero-order valence-corrected chi connectivity index (χ0v) is 17.5. The van der Waals surface area contributed by atoms with Crippen LogP contribution in [0.3, 0.4) is 0 Å². The third-order valence-electron chi connectivity index (χ3n) is 5.19. The van der Waals surface area contributed by atoms with Crippen LogP contribution in [0, 0.1) is 0 Å². The fourth-order valence-corrected chi connectivity index (χ4v) is 4.09. The molecule has 29 heavy (non-hydrogen) atoms. The number of nitrogens with zero attached hydrogens (tertiary/aromatic N) is 1. The predicted molar refractivity (Wildman–Crippen MR) is 111 cm³/mol. The van der Waals surface area contributed by atoms with Crippen LogP contribution in [-0.2, 0) is 21.2 Å². The third kappa shape index (κ3) is 5.23. The number of hydrogen-bond donors (Lipinski definition) is 1. The summed E-state index contributed by atoms with van der Waals surface area (Å²) in [6, 6.07) is 13.7. The molecular weight excluding hydrogens is 388 g/mol. The molecule has 1 heterocycles. The molecular formula is C22H26N2O4S. The van der Waals surface area contributed by atoms with E-state index in [2.05, 4.69) is 5.32 Å². The van der Waals surface area contributed by atoms with E-state index in [4.69, 9.17) is 0 Å². The van der Waals surface area contributed by atoms with Crippen LogP contribution in [0.2, 0.25) is 0 Å². The molecule has 3 rings (SSSR count). The maximum Gasteiger partial charge on any atom is 0.251 e. The van der Waals surface area contributed by atoms with E-state index in [-0.39, 0.29) is 22.8 Å². The van der Waals surface area contributed by atoms with Crippen molar-refractivity contribution < 1.29 is 18.0 Å². The zero-order chi connectivity index (χ0) is 21.0. The molecule has 154 valence electrons. The Morgan fingerprint density at radius 3 is 2.28 bits per heavy atom. The van der Waals surface area contributed by atoms with Crippen molar-refractivity contribution in [3.63, 3.8) is 0 Å². The van der Waals surface area contributed by atoms with Gasteiger partial charge in [0.2, 0.25) is 5.91 Å². The highest BCUT2D eigenvalue weighted by Crippen LogP contribution is 2.20. The molecule has 0 aromatic heterocycles. The van der Waals surface area contributed by atoms with Crippen molar-refractivity contribution >= 4 is 21.7 Å². The first kappa shape index (κ1) is 21.0. The first-order valence-corrected chi connectivity index (χ1v) is 11.6. The lowest BCUT2D eigenvalue weighted by Gasteiger charge is -2.18. The first-order chi connectivity index (χ1) is 13.8. The van der Waals surface area contributed by atoms with Crippen LogP contribution in [0.25, 0.3) is 0 Å². The Hall–Kier alpha value is -2.67. The van der Waals surface area contributed by atoms with Crippen molar-refractivity contribution in [2.75, 3.05) is 12.8 Å². The molecule has 0 aliphatic carbocycles. The SMILES string of the molecule is CC[C@@H](NC(=O)c1ccc(CN2CCCC2=O)cc1)c1ccc(S(C)(=O)=O)cc1. The maximum atomic E-state index is 12.6. The largest absolute Gasteiger partial charge is 0.345 e. The molecule has 0 unspecified atom stereocenters. The van der Waals surface area contributed by atoms with Gasteiger partial charge in [-0.1, -0.05) is 31.2 Å². The van der Waals surface area contributed by atoms with Crippen LogP contribution in [0.5, 0.6) is 0 Å². The highest BCUT2D eigenvalue weighted by molar-refractivity contribution is 7.90. The van der Waals surface area contributed by atoms with Crippen molar-refractivity contribution in [3.05, 3.63) is 65.2 Å². The maximum absolute atomic E-state index is 12.6. The average molecular weight is 415 g/mol. The number of rotatable bonds is 7. The van der Waals surface area contributed by atoms with E-state index >= 15 is 0 Å². The number of hydrogen-bond acceptors (Lipinski definition) is 4. The topological polar surface area (TPSA) is 83.6 Å². The number of amides is 2. The third-order valence-corrected chi connectivity index (χ3v) is 6.31. The van der Waals surface area contributed by atoms with Gasteiger partial charge in [-0.15, -0.1) is 0 Å².